The predicted octanol–water partition coefficient (Wildman–Crippen LogP) is 4.82. The molecule has 0 saturated heterocycles. The molecule has 0 atom stereocenters. The van der Waals surface area contributed by atoms with Crippen molar-refractivity contribution in [3.05, 3.63) is 71.5 Å². The van der Waals surface area contributed by atoms with Gasteiger partial charge in [0.1, 0.15) is 36.5 Å². The van der Waals surface area contributed by atoms with Crippen LogP contribution < -0.4 is 4.74 Å². The highest BCUT2D eigenvalue weighted by molar-refractivity contribution is 6.47. The molecule has 0 aliphatic carbocycles. The molecule has 0 aliphatic heterocycles. The molecule has 0 radical (unpaired) electrons. The van der Waals surface area contributed by atoms with Gasteiger partial charge in [-0.1, -0.05) is 48.4 Å². The highest BCUT2D eigenvalue weighted by Gasteiger charge is 2.17. The zero-order chi connectivity index (χ0) is 24.9. The molecule has 2 aromatic rings. The molecule has 2 aromatic carbocycles. The monoisotopic (exact) mass is 468 g/mol. The van der Waals surface area contributed by atoms with Gasteiger partial charge in [0.2, 0.25) is 0 Å². The lowest BCUT2D eigenvalue weighted by Crippen LogP contribution is -2.14. The Labute approximate surface area is 200 Å². The number of oxime groups is 2. The number of carbonyl (C=O) groups is 1. The molecule has 0 fully saturated rings. The van der Waals surface area contributed by atoms with Gasteiger partial charge in [-0.3, -0.25) is 0 Å². The number of benzene rings is 2. The first kappa shape index (κ1) is 26.4. The van der Waals surface area contributed by atoms with Crippen molar-refractivity contribution in [2.45, 2.75) is 27.4 Å². The van der Waals surface area contributed by atoms with Crippen molar-refractivity contribution < 1.29 is 28.7 Å². The highest BCUT2D eigenvalue weighted by atomic mass is 16.6. The molecule has 0 aliphatic rings. The van der Waals surface area contributed by atoms with E-state index >= 15 is 0 Å². The largest absolute Gasteiger partial charge is 0.503 e. The smallest absolute Gasteiger partial charge is 0.341 e. The first-order valence-electron chi connectivity index (χ1n) is 10.8. The number of ether oxygens (including phenoxy) is 3. The van der Waals surface area contributed by atoms with Crippen LogP contribution in [0.5, 0.6) is 5.75 Å². The molecule has 0 saturated carbocycles. The summed E-state index contributed by atoms with van der Waals surface area (Å²) in [6, 6.07) is 14.8. The molecule has 0 bridgehead atoms. The van der Waals surface area contributed by atoms with Crippen LogP contribution in [0.3, 0.4) is 0 Å². The molecule has 0 aromatic heterocycles. The molecule has 2 rings (SSSR count). The van der Waals surface area contributed by atoms with E-state index in [1.807, 2.05) is 42.5 Å². The Bertz CT molecular complexity index is 1030. The van der Waals surface area contributed by atoms with E-state index in [9.17, 15) is 4.79 Å². The summed E-state index contributed by atoms with van der Waals surface area (Å²) in [5, 5.41) is 8.32. The average Bonchev–Trinajstić information content (AvgIpc) is 2.85. The van der Waals surface area contributed by atoms with Gasteiger partial charge in [0.05, 0.1) is 27.1 Å². The third-order valence-electron chi connectivity index (χ3n) is 4.61. The Balaban J connectivity index is 2.18. The van der Waals surface area contributed by atoms with E-state index in [4.69, 9.17) is 23.9 Å². The van der Waals surface area contributed by atoms with Crippen LogP contribution in [-0.4, -0.2) is 45.3 Å². The second-order valence-electron chi connectivity index (χ2n) is 7.72. The van der Waals surface area contributed by atoms with Gasteiger partial charge in [-0.05, 0) is 42.7 Å². The summed E-state index contributed by atoms with van der Waals surface area (Å²) in [5.74, 6) is 0.710. The Hall–Kier alpha value is -3.81. The number of methoxy groups -OCH3 is 2. The number of hydrogen-bond acceptors (Lipinski definition) is 8. The SMILES string of the molecule is COC=C(C(=O)OC)c1ccccc1CON=C(C)C(=NOC)c1ccc(OCC(C)C)cc1. The summed E-state index contributed by atoms with van der Waals surface area (Å²) in [6.07, 6.45) is 1.34. The van der Waals surface area contributed by atoms with Crippen LogP contribution in [0.4, 0.5) is 0 Å². The van der Waals surface area contributed by atoms with Gasteiger partial charge in [0.25, 0.3) is 0 Å². The lowest BCUT2D eigenvalue weighted by atomic mass is 10.0. The molecule has 0 N–H and O–H groups in total. The molecule has 0 amide bonds. The third kappa shape index (κ3) is 7.65. The Kier molecular flexibility index (Phi) is 10.6. The maximum Gasteiger partial charge on any atom is 0.341 e. The van der Waals surface area contributed by atoms with Gasteiger partial charge >= 0.3 is 5.97 Å². The van der Waals surface area contributed by atoms with E-state index in [0.717, 1.165) is 16.9 Å². The molecule has 8 heteroatoms. The van der Waals surface area contributed by atoms with Crippen LogP contribution in [-0.2, 0) is 30.6 Å². The van der Waals surface area contributed by atoms with Crippen LogP contribution in [0.1, 0.15) is 37.5 Å². The second kappa shape index (κ2) is 13.7. The van der Waals surface area contributed by atoms with Gasteiger partial charge in [0.15, 0.2) is 0 Å². The molecule has 0 spiro atoms. The molecular weight excluding hydrogens is 436 g/mol. The summed E-state index contributed by atoms with van der Waals surface area (Å²) in [7, 11) is 4.26. The number of hydrogen-bond donors (Lipinski definition) is 0. The maximum atomic E-state index is 12.2. The number of carbonyl (C=O) groups excluding carboxylic acids is 1. The minimum Gasteiger partial charge on any atom is -0.503 e. The van der Waals surface area contributed by atoms with Crippen molar-refractivity contribution in [3.63, 3.8) is 0 Å². The van der Waals surface area contributed by atoms with Crippen LogP contribution in [0.2, 0.25) is 0 Å². The third-order valence-corrected chi connectivity index (χ3v) is 4.61. The highest BCUT2D eigenvalue weighted by Crippen LogP contribution is 2.22. The van der Waals surface area contributed by atoms with Crippen molar-refractivity contribution in [2.24, 2.45) is 16.2 Å². The molecule has 8 nitrogen and oxygen atoms in total. The number of esters is 1. The van der Waals surface area contributed by atoms with Gasteiger partial charge in [-0.15, -0.1) is 0 Å². The van der Waals surface area contributed by atoms with Crippen molar-refractivity contribution in [1.82, 2.24) is 0 Å². The van der Waals surface area contributed by atoms with Crippen LogP contribution >= 0.6 is 0 Å². The summed E-state index contributed by atoms with van der Waals surface area (Å²) in [5.41, 5.74) is 3.51. The topological polar surface area (TPSA) is 87.9 Å². The van der Waals surface area contributed by atoms with Gasteiger partial charge < -0.3 is 23.9 Å². The van der Waals surface area contributed by atoms with Crippen LogP contribution in [0.15, 0.2) is 65.1 Å². The van der Waals surface area contributed by atoms with Crippen molar-refractivity contribution in [2.75, 3.05) is 27.9 Å². The fraction of sp³-hybridized carbons (Fsp3) is 0.346. The molecule has 0 unspecified atom stereocenters. The summed E-state index contributed by atoms with van der Waals surface area (Å²) >= 11 is 0. The molecule has 0 heterocycles. The van der Waals surface area contributed by atoms with E-state index < -0.39 is 5.97 Å². The molecule has 34 heavy (non-hydrogen) atoms. The summed E-state index contributed by atoms with van der Waals surface area (Å²) in [6.45, 7) is 6.73. The number of rotatable bonds is 12. The maximum absolute atomic E-state index is 12.2. The average molecular weight is 469 g/mol. The number of nitrogens with zero attached hydrogens (tertiary/aromatic N) is 2. The van der Waals surface area contributed by atoms with E-state index in [-0.39, 0.29) is 12.2 Å². The van der Waals surface area contributed by atoms with Gasteiger partial charge in [0, 0.05) is 11.1 Å². The molecule has 182 valence electrons. The second-order valence-corrected chi connectivity index (χ2v) is 7.72. The minimum absolute atomic E-state index is 0.119. The zero-order valence-electron chi connectivity index (χ0n) is 20.5. The summed E-state index contributed by atoms with van der Waals surface area (Å²) in [4.78, 5) is 22.8. The Morgan fingerprint density at radius 2 is 1.71 bits per heavy atom. The van der Waals surface area contributed by atoms with Gasteiger partial charge in [-0.25, -0.2) is 4.79 Å². The van der Waals surface area contributed by atoms with E-state index in [1.165, 1.54) is 27.6 Å². The quantitative estimate of drug-likeness (QED) is 0.146. The minimum atomic E-state index is -0.510. The van der Waals surface area contributed by atoms with Crippen molar-refractivity contribution >= 4 is 23.0 Å². The fourth-order valence-electron chi connectivity index (χ4n) is 2.99. The van der Waals surface area contributed by atoms with Crippen LogP contribution in [0.25, 0.3) is 5.57 Å². The van der Waals surface area contributed by atoms with Gasteiger partial charge in [-0.2, -0.15) is 0 Å². The fourth-order valence-corrected chi connectivity index (χ4v) is 2.99. The van der Waals surface area contributed by atoms with E-state index in [2.05, 4.69) is 24.2 Å². The standard InChI is InChI=1S/C26H32N2O6/c1-18(2)15-33-22-13-11-20(12-14-22)25(28-32-6)19(3)27-34-16-21-9-7-8-10-23(21)24(17-30-4)26(29)31-5/h7-14,17-18H,15-16H2,1-6H3. The normalized spacial score (nSPS) is 12.4. The predicted molar refractivity (Wildman–Crippen MR) is 132 cm³/mol. The van der Waals surface area contributed by atoms with Crippen molar-refractivity contribution in [1.29, 1.82) is 0 Å². The van der Waals surface area contributed by atoms with E-state index in [0.29, 0.717) is 29.5 Å². The van der Waals surface area contributed by atoms with E-state index in [1.54, 1.807) is 13.0 Å². The summed E-state index contributed by atoms with van der Waals surface area (Å²) < 4.78 is 15.7. The lowest BCUT2D eigenvalue weighted by molar-refractivity contribution is -0.133. The Morgan fingerprint density at radius 3 is 2.32 bits per heavy atom. The Morgan fingerprint density at radius 1 is 1.00 bits per heavy atom. The first-order valence-corrected chi connectivity index (χ1v) is 10.8. The van der Waals surface area contributed by atoms with Crippen molar-refractivity contribution in [3.8, 4) is 5.75 Å². The zero-order valence-corrected chi connectivity index (χ0v) is 20.5. The lowest BCUT2D eigenvalue weighted by Gasteiger charge is -2.12. The molecular formula is C26H32N2O6. The first-order chi connectivity index (χ1) is 16.4. The van der Waals surface area contributed by atoms with Crippen LogP contribution in [0, 0.1) is 5.92 Å².